The number of aliphatic carboxylic acids is 1. The molecule has 0 saturated carbocycles. The van der Waals surface area contributed by atoms with E-state index in [1.807, 2.05) is 17.8 Å². The molecule has 0 bridgehead atoms. The number of carboxylic acids is 1. The number of fused-ring (bicyclic) bond motifs is 1. The van der Waals surface area contributed by atoms with Crippen LogP contribution in [0.25, 0.3) is 0 Å². The number of alkyl halides is 3. The predicted molar refractivity (Wildman–Crippen MR) is 82.1 cm³/mol. The van der Waals surface area contributed by atoms with Crippen molar-refractivity contribution in [1.29, 1.82) is 0 Å². The number of rotatable bonds is 4. The summed E-state index contributed by atoms with van der Waals surface area (Å²) in [5.41, 5.74) is 3.44. The highest BCUT2D eigenvalue weighted by Gasteiger charge is 2.38. The van der Waals surface area contributed by atoms with Crippen LogP contribution in [0.4, 0.5) is 13.2 Å². The maximum absolute atomic E-state index is 10.6. The lowest BCUT2D eigenvalue weighted by molar-refractivity contribution is -0.192. The quantitative estimate of drug-likeness (QED) is 0.869. The van der Waals surface area contributed by atoms with Crippen molar-refractivity contribution in [2.75, 3.05) is 20.3 Å². The van der Waals surface area contributed by atoms with Gasteiger partial charge in [-0.25, -0.2) is 4.79 Å². The van der Waals surface area contributed by atoms with Crippen LogP contribution in [-0.4, -0.2) is 57.4 Å². The number of hydrogen-bond acceptors (Lipinski definition) is 6. The highest BCUT2D eigenvalue weighted by molar-refractivity contribution is 5.73. The van der Waals surface area contributed by atoms with Crippen LogP contribution >= 0.6 is 0 Å². The van der Waals surface area contributed by atoms with E-state index in [9.17, 15) is 13.2 Å². The van der Waals surface area contributed by atoms with E-state index in [4.69, 9.17) is 19.1 Å². The Hall–Kier alpha value is -2.40. The van der Waals surface area contributed by atoms with Gasteiger partial charge in [0.05, 0.1) is 24.8 Å². The number of nitrogens with zero attached hydrogens (tertiary/aromatic N) is 4. The fourth-order valence-corrected chi connectivity index (χ4v) is 2.79. The van der Waals surface area contributed by atoms with E-state index in [0.29, 0.717) is 12.5 Å². The summed E-state index contributed by atoms with van der Waals surface area (Å²) in [6, 6.07) is 2.00. The molecule has 0 amide bonds. The predicted octanol–water partition coefficient (Wildman–Crippen LogP) is 1.79. The van der Waals surface area contributed by atoms with Gasteiger partial charge in [-0.3, -0.25) is 9.58 Å². The summed E-state index contributed by atoms with van der Waals surface area (Å²) in [6.45, 7) is 3.34. The Morgan fingerprint density at radius 1 is 1.50 bits per heavy atom. The van der Waals surface area contributed by atoms with Crippen LogP contribution in [-0.2, 0) is 29.7 Å². The Morgan fingerprint density at radius 2 is 2.19 bits per heavy atom. The third-order valence-electron chi connectivity index (χ3n) is 3.78. The second kappa shape index (κ2) is 8.32. The smallest absolute Gasteiger partial charge is 0.475 e. The van der Waals surface area contributed by atoms with E-state index < -0.39 is 12.1 Å². The second-order valence-electron chi connectivity index (χ2n) is 5.80. The molecular weight excluding hydrogens is 357 g/mol. The zero-order valence-corrected chi connectivity index (χ0v) is 14.2. The molecule has 1 aliphatic rings. The minimum absolute atomic E-state index is 0.320. The van der Waals surface area contributed by atoms with Gasteiger partial charge in [0.1, 0.15) is 5.69 Å². The van der Waals surface area contributed by atoms with Crippen LogP contribution in [0.1, 0.15) is 22.9 Å². The molecule has 1 N–H and O–H groups in total. The first-order valence-corrected chi connectivity index (χ1v) is 7.63. The largest absolute Gasteiger partial charge is 0.490 e. The van der Waals surface area contributed by atoms with Crippen molar-refractivity contribution >= 4 is 5.97 Å². The monoisotopic (exact) mass is 376 g/mol. The molecule has 1 aliphatic heterocycles. The first kappa shape index (κ1) is 19.9. The molecule has 0 aromatic carbocycles. The molecule has 2 aromatic rings. The van der Waals surface area contributed by atoms with Crippen molar-refractivity contribution < 1.29 is 32.2 Å². The molecule has 3 heterocycles. The molecule has 0 fully saturated rings. The summed E-state index contributed by atoms with van der Waals surface area (Å²) >= 11 is 0. The Kier molecular flexibility index (Phi) is 6.37. The van der Waals surface area contributed by atoms with Crippen molar-refractivity contribution in [2.24, 2.45) is 7.05 Å². The number of halogens is 3. The molecule has 0 spiro atoms. The lowest BCUT2D eigenvalue weighted by Crippen LogP contribution is -2.35. The van der Waals surface area contributed by atoms with Gasteiger partial charge in [0, 0.05) is 45.3 Å². The number of ether oxygens (including phenoxy) is 1. The number of methoxy groups -OCH3 is 1. The number of aromatic nitrogens is 3. The maximum Gasteiger partial charge on any atom is 0.490 e. The molecule has 0 aliphatic carbocycles. The van der Waals surface area contributed by atoms with Crippen molar-refractivity contribution in [3.63, 3.8) is 0 Å². The summed E-state index contributed by atoms with van der Waals surface area (Å²) in [4.78, 5) is 11.2. The Bertz CT molecular complexity index is 715. The molecule has 0 radical (unpaired) electrons. The number of hydrogen-bond donors (Lipinski definition) is 1. The van der Waals surface area contributed by atoms with Crippen LogP contribution in [0.3, 0.4) is 0 Å². The Morgan fingerprint density at radius 3 is 2.73 bits per heavy atom. The van der Waals surface area contributed by atoms with Gasteiger partial charge in [-0.05, 0) is 6.07 Å². The van der Waals surface area contributed by atoms with Gasteiger partial charge in [0.15, 0.2) is 0 Å². The van der Waals surface area contributed by atoms with E-state index in [0.717, 1.165) is 25.3 Å². The molecule has 8 nitrogen and oxygen atoms in total. The van der Waals surface area contributed by atoms with Gasteiger partial charge in [0.25, 0.3) is 0 Å². The van der Waals surface area contributed by atoms with E-state index in [1.165, 1.54) is 11.3 Å². The number of aryl methyl sites for hydroxylation is 1. The van der Waals surface area contributed by atoms with Crippen LogP contribution in [0.2, 0.25) is 0 Å². The Balaban J connectivity index is 0.000000298. The van der Waals surface area contributed by atoms with E-state index in [-0.39, 0.29) is 0 Å². The first-order valence-electron chi connectivity index (χ1n) is 7.63. The van der Waals surface area contributed by atoms with Crippen molar-refractivity contribution in [3.05, 3.63) is 35.5 Å². The topological polar surface area (TPSA) is 93.6 Å². The number of furan rings is 1. The molecule has 1 unspecified atom stereocenters. The average molecular weight is 376 g/mol. The molecule has 3 rings (SSSR count). The molecule has 1 atom stereocenters. The first-order chi connectivity index (χ1) is 12.2. The van der Waals surface area contributed by atoms with Crippen molar-refractivity contribution in [1.82, 2.24) is 19.9 Å². The third kappa shape index (κ3) is 5.05. The lowest BCUT2D eigenvalue weighted by Gasteiger charge is -2.31. The summed E-state index contributed by atoms with van der Waals surface area (Å²) in [5.74, 6) is -2.44. The highest BCUT2D eigenvalue weighted by atomic mass is 19.4. The van der Waals surface area contributed by atoms with Crippen LogP contribution in [0.15, 0.2) is 23.0 Å². The molecule has 0 saturated heterocycles. The molecule has 2 aromatic heterocycles. The zero-order chi connectivity index (χ0) is 19.3. The van der Waals surface area contributed by atoms with Gasteiger partial charge < -0.3 is 14.3 Å². The van der Waals surface area contributed by atoms with E-state index in [2.05, 4.69) is 15.2 Å². The van der Waals surface area contributed by atoms with Crippen molar-refractivity contribution in [2.45, 2.75) is 25.2 Å². The molecule has 144 valence electrons. The van der Waals surface area contributed by atoms with E-state index in [1.54, 1.807) is 19.6 Å². The summed E-state index contributed by atoms with van der Waals surface area (Å²) in [7, 11) is 3.68. The molecule has 26 heavy (non-hydrogen) atoms. The maximum atomic E-state index is 10.6. The van der Waals surface area contributed by atoms with Gasteiger partial charge in [-0.1, -0.05) is 5.21 Å². The van der Waals surface area contributed by atoms with Crippen LogP contribution < -0.4 is 0 Å². The zero-order valence-electron chi connectivity index (χ0n) is 14.2. The minimum Gasteiger partial charge on any atom is -0.475 e. The highest BCUT2D eigenvalue weighted by Crippen LogP contribution is 2.27. The fraction of sp³-hybridized carbons (Fsp3) is 0.533. The number of carbonyl (C=O) groups is 1. The van der Waals surface area contributed by atoms with Crippen molar-refractivity contribution in [3.8, 4) is 0 Å². The summed E-state index contributed by atoms with van der Waals surface area (Å²) < 4.78 is 44.1. The second-order valence-corrected chi connectivity index (χ2v) is 5.80. The standard InChI is InChI=1S/C13H18N4O2.C2HF3O2/c1-16-13-11(9-18-2)6-17(7-12(13)14-15-16)5-10-3-4-19-8-10;3-2(4,5)1(6)7/h3-4,8,11H,5-7,9H2,1-2H3;(H,6,7). The Labute approximate surface area is 147 Å². The summed E-state index contributed by atoms with van der Waals surface area (Å²) in [6.07, 6.45) is -1.59. The molecule has 11 heteroatoms. The van der Waals surface area contributed by atoms with Gasteiger partial charge in [-0.2, -0.15) is 13.2 Å². The number of carboxylic acid groups (broad SMARTS) is 1. The minimum atomic E-state index is -5.08. The van der Waals surface area contributed by atoms with Gasteiger partial charge in [-0.15, -0.1) is 5.10 Å². The van der Waals surface area contributed by atoms with Gasteiger partial charge >= 0.3 is 12.1 Å². The third-order valence-corrected chi connectivity index (χ3v) is 3.78. The SMILES string of the molecule is COCC1CN(Cc2ccoc2)Cc2nnn(C)c21.O=C(O)C(F)(F)F. The van der Waals surface area contributed by atoms with Crippen LogP contribution in [0.5, 0.6) is 0 Å². The molecular formula is C15H19F3N4O4. The summed E-state index contributed by atoms with van der Waals surface area (Å²) in [5, 5.41) is 15.5. The van der Waals surface area contributed by atoms with Gasteiger partial charge in [0.2, 0.25) is 0 Å². The fourth-order valence-electron chi connectivity index (χ4n) is 2.79. The lowest BCUT2D eigenvalue weighted by atomic mass is 9.98. The normalized spacial score (nSPS) is 17.3. The van der Waals surface area contributed by atoms with Crippen LogP contribution in [0, 0.1) is 0 Å². The van der Waals surface area contributed by atoms with E-state index >= 15 is 0 Å². The average Bonchev–Trinajstić information content (AvgIpc) is 3.18.